The summed E-state index contributed by atoms with van der Waals surface area (Å²) in [6, 6.07) is 8.53. The molecule has 1 aromatic carbocycles. The molecule has 1 aliphatic rings. The number of aliphatic imine (C=N–C) groups is 1. The molecule has 0 aliphatic carbocycles. The predicted octanol–water partition coefficient (Wildman–Crippen LogP) is 3.22. The SMILES string of the molecule is Cc1cc(C)c(-c2ccc3c(n2)N=C(N)C3)c(C)c1. The van der Waals surface area contributed by atoms with Crippen LogP contribution in [0.1, 0.15) is 22.3 Å². The van der Waals surface area contributed by atoms with Gasteiger partial charge in [-0.1, -0.05) is 23.8 Å². The fraction of sp³-hybridized carbons (Fsp3) is 0.250. The Morgan fingerprint density at radius 1 is 1.05 bits per heavy atom. The molecule has 0 radical (unpaired) electrons. The lowest BCUT2D eigenvalue weighted by atomic mass is 9.96. The molecule has 2 heterocycles. The lowest BCUT2D eigenvalue weighted by Gasteiger charge is -2.11. The second-order valence-corrected chi connectivity index (χ2v) is 5.23. The Morgan fingerprint density at radius 3 is 2.42 bits per heavy atom. The van der Waals surface area contributed by atoms with E-state index in [0.717, 1.165) is 17.1 Å². The number of nitrogens with two attached hydrogens (primary N) is 1. The predicted molar refractivity (Wildman–Crippen MR) is 78.9 cm³/mol. The molecule has 1 aliphatic heterocycles. The molecule has 0 bridgehead atoms. The zero-order chi connectivity index (χ0) is 13.6. The van der Waals surface area contributed by atoms with Gasteiger partial charge in [-0.15, -0.1) is 0 Å². The number of amidine groups is 1. The van der Waals surface area contributed by atoms with E-state index in [9.17, 15) is 0 Å². The van der Waals surface area contributed by atoms with Crippen LogP contribution in [0.3, 0.4) is 0 Å². The highest BCUT2D eigenvalue weighted by Crippen LogP contribution is 2.31. The minimum absolute atomic E-state index is 0.650. The van der Waals surface area contributed by atoms with Gasteiger partial charge in [0.1, 0.15) is 5.84 Å². The molecule has 0 fully saturated rings. The number of fused-ring (bicyclic) bond motifs is 1. The van der Waals surface area contributed by atoms with Crippen molar-refractivity contribution in [3.05, 3.63) is 46.5 Å². The molecule has 96 valence electrons. The molecular formula is C16H17N3. The number of hydrogen-bond donors (Lipinski definition) is 1. The third-order valence-electron chi connectivity index (χ3n) is 3.51. The van der Waals surface area contributed by atoms with Gasteiger partial charge in [-0.25, -0.2) is 9.98 Å². The molecule has 1 aromatic heterocycles. The molecule has 0 saturated heterocycles. The number of hydrogen-bond acceptors (Lipinski definition) is 3. The van der Waals surface area contributed by atoms with Gasteiger partial charge in [0.2, 0.25) is 0 Å². The molecule has 19 heavy (non-hydrogen) atoms. The van der Waals surface area contributed by atoms with Crippen LogP contribution in [0.15, 0.2) is 29.3 Å². The molecule has 3 heteroatoms. The van der Waals surface area contributed by atoms with Crippen LogP contribution >= 0.6 is 0 Å². The number of benzene rings is 1. The molecule has 0 amide bonds. The minimum Gasteiger partial charge on any atom is -0.387 e. The van der Waals surface area contributed by atoms with Crippen LogP contribution in [0, 0.1) is 20.8 Å². The summed E-state index contributed by atoms with van der Waals surface area (Å²) in [5.74, 6) is 1.42. The first-order valence-electron chi connectivity index (χ1n) is 6.46. The van der Waals surface area contributed by atoms with Gasteiger partial charge in [-0.05, 0) is 38.0 Å². The summed E-state index contributed by atoms with van der Waals surface area (Å²) in [7, 11) is 0. The maximum atomic E-state index is 5.76. The molecule has 3 rings (SSSR count). The molecule has 0 unspecified atom stereocenters. The Kier molecular flexibility index (Phi) is 2.63. The van der Waals surface area contributed by atoms with E-state index in [1.165, 1.54) is 22.3 Å². The van der Waals surface area contributed by atoms with Crippen LogP contribution < -0.4 is 5.73 Å². The maximum absolute atomic E-state index is 5.76. The molecule has 0 atom stereocenters. The van der Waals surface area contributed by atoms with Gasteiger partial charge in [-0.3, -0.25) is 0 Å². The lowest BCUT2D eigenvalue weighted by molar-refractivity contribution is 1.22. The monoisotopic (exact) mass is 251 g/mol. The number of aromatic nitrogens is 1. The third kappa shape index (κ3) is 2.01. The first-order valence-corrected chi connectivity index (χ1v) is 6.46. The van der Waals surface area contributed by atoms with E-state index in [1.54, 1.807) is 0 Å². The average molecular weight is 251 g/mol. The van der Waals surface area contributed by atoms with E-state index in [2.05, 4.69) is 55.0 Å². The van der Waals surface area contributed by atoms with Gasteiger partial charge < -0.3 is 5.73 Å². The van der Waals surface area contributed by atoms with E-state index in [1.807, 2.05) is 0 Å². The van der Waals surface area contributed by atoms with Crippen LogP contribution in [-0.2, 0) is 6.42 Å². The number of nitrogens with zero attached hydrogens (tertiary/aromatic N) is 2. The molecule has 0 spiro atoms. The van der Waals surface area contributed by atoms with Gasteiger partial charge in [0, 0.05) is 17.5 Å². The zero-order valence-electron chi connectivity index (χ0n) is 11.5. The van der Waals surface area contributed by atoms with Gasteiger partial charge >= 0.3 is 0 Å². The van der Waals surface area contributed by atoms with Gasteiger partial charge in [0.05, 0.1) is 5.69 Å². The van der Waals surface area contributed by atoms with Gasteiger partial charge in [0.25, 0.3) is 0 Å². The second-order valence-electron chi connectivity index (χ2n) is 5.23. The average Bonchev–Trinajstić information content (AvgIpc) is 2.67. The highest BCUT2D eigenvalue weighted by atomic mass is 15.0. The van der Waals surface area contributed by atoms with Crippen molar-refractivity contribution < 1.29 is 0 Å². The highest BCUT2D eigenvalue weighted by Gasteiger charge is 2.16. The van der Waals surface area contributed by atoms with Crippen molar-refractivity contribution in [1.82, 2.24) is 4.98 Å². The molecule has 2 N–H and O–H groups in total. The van der Waals surface area contributed by atoms with E-state index in [4.69, 9.17) is 5.73 Å². The van der Waals surface area contributed by atoms with Gasteiger partial charge in [-0.2, -0.15) is 0 Å². The van der Waals surface area contributed by atoms with E-state index in [-0.39, 0.29) is 0 Å². The van der Waals surface area contributed by atoms with Crippen LogP contribution in [0.25, 0.3) is 11.3 Å². The van der Waals surface area contributed by atoms with Gasteiger partial charge in [0.15, 0.2) is 5.82 Å². The van der Waals surface area contributed by atoms with Crippen molar-refractivity contribution in [2.45, 2.75) is 27.2 Å². The van der Waals surface area contributed by atoms with E-state index < -0.39 is 0 Å². The molecule has 0 saturated carbocycles. The summed E-state index contributed by atoms with van der Waals surface area (Å²) in [6.07, 6.45) is 0.717. The Hall–Kier alpha value is -2.16. The van der Waals surface area contributed by atoms with Crippen molar-refractivity contribution in [1.29, 1.82) is 0 Å². The topological polar surface area (TPSA) is 51.3 Å². The summed E-state index contributed by atoms with van der Waals surface area (Å²) in [5.41, 5.74) is 12.8. The van der Waals surface area contributed by atoms with E-state index in [0.29, 0.717) is 12.3 Å². The van der Waals surface area contributed by atoms with Crippen molar-refractivity contribution in [3.8, 4) is 11.3 Å². The zero-order valence-corrected chi connectivity index (χ0v) is 11.5. The Labute approximate surface area is 113 Å². The molecule has 2 aromatic rings. The summed E-state index contributed by atoms with van der Waals surface area (Å²) in [4.78, 5) is 8.96. The normalized spacial score (nSPS) is 13.3. The number of aryl methyl sites for hydroxylation is 3. The van der Waals surface area contributed by atoms with Crippen LogP contribution in [0.2, 0.25) is 0 Å². The van der Waals surface area contributed by atoms with Crippen molar-refractivity contribution in [2.75, 3.05) is 0 Å². The summed E-state index contributed by atoms with van der Waals surface area (Å²) in [6.45, 7) is 6.37. The van der Waals surface area contributed by atoms with Crippen molar-refractivity contribution in [3.63, 3.8) is 0 Å². The second kappa shape index (κ2) is 4.19. The van der Waals surface area contributed by atoms with Crippen molar-refractivity contribution in [2.24, 2.45) is 10.7 Å². The molecular weight excluding hydrogens is 234 g/mol. The minimum atomic E-state index is 0.650. The smallest absolute Gasteiger partial charge is 0.158 e. The van der Waals surface area contributed by atoms with E-state index >= 15 is 0 Å². The fourth-order valence-electron chi connectivity index (χ4n) is 2.81. The van der Waals surface area contributed by atoms with Crippen LogP contribution in [0.5, 0.6) is 0 Å². The summed E-state index contributed by atoms with van der Waals surface area (Å²) >= 11 is 0. The Bertz CT molecular complexity index is 676. The lowest BCUT2D eigenvalue weighted by Crippen LogP contribution is -2.09. The van der Waals surface area contributed by atoms with Crippen LogP contribution in [-0.4, -0.2) is 10.8 Å². The third-order valence-corrected chi connectivity index (χ3v) is 3.51. The first-order chi connectivity index (χ1) is 9.04. The fourth-order valence-corrected chi connectivity index (χ4v) is 2.81. The Morgan fingerprint density at radius 2 is 1.74 bits per heavy atom. The quantitative estimate of drug-likeness (QED) is 0.846. The molecule has 3 nitrogen and oxygen atoms in total. The first kappa shape index (κ1) is 11.9. The Balaban J connectivity index is 2.16. The standard InChI is InChI=1S/C16H17N3/c1-9-6-10(2)15(11(3)7-9)13-5-4-12-8-14(17)19-16(12)18-13/h4-7H,8H2,1-3H3,(H2,17,18,19). The van der Waals surface area contributed by atoms with Crippen LogP contribution in [0.4, 0.5) is 5.82 Å². The summed E-state index contributed by atoms with van der Waals surface area (Å²) < 4.78 is 0. The largest absolute Gasteiger partial charge is 0.387 e. The number of pyridine rings is 1. The maximum Gasteiger partial charge on any atom is 0.158 e. The van der Waals surface area contributed by atoms with Crippen molar-refractivity contribution >= 4 is 11.7 Å². The number of rotatable bonds is 1. The summed E-state index contributed by atoms with van der Waals surface area (Å²) in [5, 5.41) is 0. The highest BCUT2D eigenvalue weighted by molar-refractivity contribution is 5.90.